The predicted octanol–water partition coefficient (Wildman–Crippen LogP) is 5.09. The number of carbonyl (C=O) groups is 1. The van der Waals surface area contributed by atoms with Crippen molar-refractivity contribution in [3.8, 4) is 10.4 Å². The lowest BCUT2D eigenvalue weighted by atomic mass is 10.1. The largest absolute Gasteiger partial charge is 0.447 e. The second kappa shape index (κ2) is 9.86. The van der Waals surface area contributed by atoms with Crippen LogP contribution >= 0.6 is 11.3 Å². The number of carbonyl (C=O) groups excluding carboxylic acids is 1. The fraction of sp³-hybridized carbons (Fsp3) is 0.545. The van der Waals surface area contributed by atoms with E-state index in [9.17, 15) is 13.2 Å². The number of amides is 1. The van der Waals surface area contributed by atoms with E-state index in [1.165, 1.54) is 17.4 Å². The molecule has 8 nitrogen and oxygen atoms in total. The lowest BCUT2D eigenvalue weighted by Crippen LogP contribution is -2.40. The number of nitrogens with one attached hydrogen (secondary N) is 2. The maximum Gasteiger partial charge on any atom is 0.411 e. The Balaban J connectivity index is 1.99. The molecule has 176 valence electrons. The maximum atomic E-state index is 13.3. The third-order valence-electron chi connectivity index (χ3n) is 4.54. The van der Waals surface area contributed by atoms with Gasteiger partial charge in [0.1, 0.15) is 11.1 Å². The van der Waals surface area contributed by atoms with Crippen LogP contribution in [0.4, 0.5) is 10.5 Å². The first-order valence-electron chi connectivity index (χ1n) is 10.7. The zero-order valence-corrected chi connectivity index (χ0v) is 20.7. The monoisotopic (exact) mass is 481 g/mol. The Kier molecular flexibility index (Phi) is 7.59. The minimum absolute atomic E-state index is 0.0537. The number of anilines is 1. The van der Waals surface area contributed by atoms with Gasteiger partial charge < -0.3 is 9.47 Å². The van der Waals surface area contributed by atoms with Crippen LogP contribution in [0.5, 0.6) is 0 Å². The lowest BCUT2D eigenvalue weighted by molar-refractivity contribution is 0.0148. The molecule has 0 aliphatic carbocycles. The molecule has 1 aromatic heterocycles. The first kappa shape index (κ1) is 24.6. The Morgan fingerprint density at radius 3 is 2.66 bits per heavy atom. The Hall–Kier alpha value is -2.01. The van der Waals surface area contributed by atoms with Gasteiger partial charge in [-0.2, -0.15) is 0 Å². The second-order valence-electron chi connectivity index (χ2n) is 9.06. The Bertz CT molecular complexity index is 1050. The zero-order chi connectivity index (χ0) is 23.5. The number of hydrogen-bond donors (Lipinski definition) is 2. The first-order valence-corrected chi connectivity index (χ1v) is 13.0. The van der Waals surface area contributed by atoms with E-state index in [1.54, 1.807) is 52.9 Å². The van der Waals surface area contributed by atoms with Gasteiger partial charge >= 0.3 is 6.09 Å². The molecule has 2 heterocycles. The van der Waals surface area contributed by atoms with E-state index >= 15 is 0 Å². The van der Waals surface area contributed by atoms with Crippen molar-refractivity contribution in [1.82, 2.24) is 9.71 Å². The van der Waals surface area contributed by atoms with E-state index in [0.29, 0.717) is 17.9 Å². The molecular formula is C22H31N3O5S2. The molecule has 10 heteroatoms. The molecule has 2 aromatic rings. The van der Waals surface area contributed by atoms with Crippen molar-refractivity contribution in [3.05, 3.63) is 29.4 Å². The van der Waals surface area contributed by atoms with Crippen molar-refractivity contribution in [2.75, 3.05) is 11.9 Å². The summed E-state index contributed by atoms with van der Waals surface area (Å²) in [7, 11) is -3.89. The number of nitrogens with zero attached hydrogens (tertiary/aromatic N) is 1. The van der Waals surface area contributed by atoms with Crippen molar-refractivity contribution >= 4 is 33.1 Å². The highest BCUT2D eigenvalue weighted by molar-refractivity contribution is 7.89. The smallest absolute Gasteiger partial charge is 0.411 e. The molecule has 1 aromatic carbocycles. The molecule has 1 atom stereocenters. The SMILES string of the molecule is CC(C)OC(=O)Nc1ccc(-c2cnc([C@@H]3CCCCO3)s2)c(S(=O)(=O)NC(C)(C)C)c1. The van der Waals surface area contributed by atoms with Gasteiger partial charge in [-0.15, -0.1) is 11.3 Å². The highest BCUT2D eigenvalue weighted by Gasteiger charge is 2.27. The molecule has 0 saturated carbocycles. The summed E-state index contributed by atoms with van der Waals surface area (Å²) in [5.74, 6) is 0. The van der Waals surface area contributed by atoms with E-state index in [0.717, 1.165) is 29.1 Å². The molecule has 0 bridgehead atoms. The van der Waals surface area contributed by atoms with E-state index in [-0.39, 0.29) is 17.1 Å². The van der Waals surface area contributed by atoms with Crippen LogP contribution in [0, 0.1) is 0 Å². The van der Waals surface area contributed by atoms with Crippen LogP contribution in [-0.2, 0) is 19.5 Å². The molecule has 1 saturated heterocycles. The molecule has 1 aliphatic rings. The van der Waals surface area contributed by atoms with Crippen molar-refractivity contribution in [2.45, 2.75) is 76.5 Å². The number of hydrogen-bond acceptors (Lipinski definition) is 7. The number of thiazole rings is 1. The second-order valence-corrected chi connectivity index (χ2v) is 11.8. The van der Waals surface area contributed by atoms with E-state index in [4.69, 9.17) is 9.47 Å². The van der Waals surface area contributed by atoms with E-state index < -0.39 is 21.7 Å². The Morgan fingerprint density at radius 1 is 1.28 bits per heavy atom. The number of ether oxygens (including phenoxy) is 2. The van der Waals surface area contributed by atoms with Crippen LogP contribution in [0.25, 0.3) is 10.4 Å². The minimum atomic E-state index is -3.89. The number of rotatable bonds is 6. The lowest BCUT2D eigenvalue weighted by Gasteiger charge is -2.22. The average molecular weight is 482 g/mol. The number of aromatic nitrogens is 1. The molecule has 0 radical (unpaired) electrons. The van der Waals surface area contributed by atoms with Gasteiger partial charge in [0.05, 0.1) is 15.9 Å². The summed E-state index contributed by atoms with van der Waals surface area (Å²) in [6.45, 7) is 9.51. The highest BCUT2D eigenvalue weighted by Crippen LogP contribution is 2.38. The van der Waals surface area contributed by atoms with Crippen LogP contribution in [-0.4, -0.2) is 37.7 Å². The van der Waals surface area contributed by atoms with Crippen LogP contribution in [0.1, 0.15) is 65.0 Å². The van der Waals surface area contributed by atoms with Crippen LogP contribution < -0.4 is 10.0 Å². The van der Waals surface area contributed by atoms with Gasteiger partial charge in [0.15, 0.2) is 0 Å². The molecule has 1 aliphatic heterocycles. The first-order chi connectivity index (χ1) is 14.9. The van der Waals surface area contributed by atoms with Gasteiger partial charge in [-0.05, 0) is 66.0 Å². The molecule has 0 spiro atoms. The highest BCUT2D eigenvalue weighted by atomic mass is 32.2. The van der Waals surface area contributed by atoms with Crippen molar-refractivity contribution < 1.29 is 22.7 Å². The quantitative estimate of drug-likeness (QED) is 0.595. The summed E-state index contributed by atoms with van der Waals surface area (Å²) in [5.41, 5.74) is 0.170. The molecule has 1 fully saturated rings. The van der Waals surface area contributed by atoms with Crippen LogP contribution in [0.2, 0.25) is 0 Å². The third-order valence-corrected chi connectivity index (χ3v) is 7.47. The molecular weight excluding hydrogens is 450 g/mol. The van der Waals surface area contributed by atoms with Crippen molar-refractivity contribution in [1.29, 1.82) is 0 Å². The standard InChI is InChI=1S/C22H31N3O5S2/c1-14(2)30-21(26)24-15-9-10-16(19(12-15)32(27,28)25-22(3,4)5)18-13-23-20(31-18)17-8-6-7-11-29-17/h9-10,12-14,17,25H,6-8,11H2,1-5H3,(H,24,26)/t17-/m0/s1. The zero-order valence-electron chi connectivity index (χ0n) is 19.1. The molecule has 0 unspecified atom stereocenters. The van der Waals surface area contributed by atoms with Gasteiger partial charge in [0.2, 0.25) is 10.0 Å². The van der Waals surface area contributed by atoms with Crippen LogP contribution in [0.15, 0.2) is 29.3 Å². The number of benzene rings is 1. The normalized spacial score (nSPS) is 17.4. The van der Waals surface area contributed by atoms with Crippen molar-refractivity contribution in [2.24, 2.45) is 0 Å². The van der Waals surface area contributed by atoms with Crippen molar-refractivity contribution in [3.63, 3.8) is 0 Å². The van der Waals surface area contributed by atoms with Gasteiger partial charge in [-0.1, -0.05) is 6.07 Å². The Labute approximate surface area is 193 Å². The predicted molar refractivity (Wildman–Crippen MR) is 125 cm³/mol. The van der Waals surface area contributed by atoms with Crippen LogP contribution in [0.3, 0.4) is 0 Å². The third kappa shape index (κ3) is 6.50. The maximum absolute atomic E-state index is 13.3. The van der Waals surface area contributed by atoms with E-state index in [2.05, 4.69) is 15.0 Å². The molecule has 32 heavy (non-hydrogen) atoms. The fourth-order valence-electron chi connectivity index (χ4n) is 3.34. The minimum Gasteiger partial charge on any atom is -0.447 e. The fourth-order valence-corrected chi connectivity index (χ4v) is 6.11. The Morgan fingerprint density at radius 2 is 2.03 bits per heavy atom. The summed E-state index contributed by atoms with van der Waals surface area (Å²) < 4.78 is 40.2. The van der Waals surface area contributed by atoms with E-state index in [1.807, 2.05) is 0 Å². The van der Waals surface area contributed by atoms with Gasteiger partial charge in [0.25, 0.3) is 0 Å². The topological polar surface area (TPSA) is 107 Å². The number of sulfonamides is 1. The summed E-state index contributed by atoms with van der Waals surface area (Å²) in [6.07, 6.45) is 3.73. The van der Waals surface area contributed by atoms with Gasteiger partial charge in [-0.3, -0.25) is 5.32 Å². The van der Waals surface area contributed by atoms with Gasteiger partial charge in [0, 0.05) is 29.6 Å². The summed E-state index contributed by atoms with van der Waals surface area (Å²) in [6, 6.07) is 4.78. The summed E-state index contributed by atoms with van der Waals surface area (Å²) in [4.78, 5) is 17.3. The van der Waals surface area contributed by atoms with Gasteiger partial charge in [-0.25, -0.2) is 22.9 Å². The summed E-state index contributed by atoms with van der Waals surface area (Å²) in [5, 5.41) is 3.44. The molecule has 1 amide bonds. The molecule has 2 N–H and O–H groups in total. The molecule has 3 rings (SSSR count). The average Bonchev–Trinajstić information content (AvgIpc) is 3.16. The summed E-state index contributed by atoms with van der Waals surface area (Å²) >= 11 is 1.43.